The highest BCUT2D eigenvalue weighted by molar-refractivity contribution is 6.46. The van der Waals surface area contributed by atoms with Gasteiger partial charge >= 0.3 is 0 Å². The first-order chi connectivity index (χ1) is 5.83. The fourth-order valence-electron chi connectivity index (χ4n) is 2.34. The zero-order valence-electron chi connectivity index (χ0n) is 9.96. The quantitative estimate of drug-likeness (QED) is 0.481. The summed E-state index contributed by atoms with van der Waals surface area (Å²) in [6.45, 7) is 8.55. The second kappa shape index (κ2) is 4.93. The van der Waals surface area contributed by atoms with Crippen LogP contribution in [0, 0.1) is 0 Å². The maximum Gasteiger partial charge on any atom is 0.0638 e. The number of hydrogen-bond donors (Lipinski definition) is 0. The van der Waals surface area contributed by atoms with Crippen molar-refractivity contribution in [1.29, 1.82) is 0 Å². The lowest BCUT2D eigenvalue weighted by molar-refractivity contribution is 0.0930. The molecular weight excluding hydrogens is 176 g/mol. The van der Waals surface area contributed by atoms with Gasteiger partial charge in [-0.1, -0.05) is 13.8 Å². The van der Waals surface area contributed by atoms with Crippen molar-refractivity contribution in [1.82, 2.24) is 9.80 Å². The van der Waals surface area contributed by atoms with Gasteiger partial charge in [0.1, 0.15) is 0 Å². The normalized spacial score (nSPS) is 13.9. The molecule has 3 heteroatoms. The average Bonchev–Trinajstić information content (AvgIpc) is 1.82. The third kappa shape index (κ3) is 3.63. The monoisotopic (exact) mass is 200 g/mol. The van der Waals surface area contributed by atoms with Crippen molar-refractivity contribution in [2.24, 2.45) is 0 Å². The Balaban J connectivity index is 4.61. The Morgan fingerprint density at radius 3 is 1.77 bits per heavy atom. The van der Waals surface area contributed by atoms with Gasteiger partial charge in [-0.15, -0.1) is 12.3 Å². The maximum absolute atomic E-state index is 3.87. The molecule has 0 unspecified atom stereocenters. The summed E-state index contributed by atoms with van der Waals surface area (Å²) < 4.78 is 0. The van der Waals surface area contributed by atoms with E-state index >= 15 is 0 Å². The van der Waals surface area contributed by atoms with E-state index in [4.69, 9.17) is 0 Å². The topological polar surface area (TPSA) is 6.48 Å². The Bertz CT molecular complexity index is 156. The average molecular weight is 200 g/mol. The van der Waals surface area contributed by atoms with Crippen LogP contribution in [0.2, 0.25) is 5.04 Å². The Morgan fingerprint density at radius 1 is 1.15 bits per heavy atom. The summed E-state index contributed by atoms with van der Waals surface area (Å²) in [5.74, 6) is 0. The summed E-state index contributed by atoms with van der Waals surface area (Å²) >= 11 is 0. The maximum atomic E-state index is 3.87. The second-order valence-corrected chi connectivity index (χ2v) is 7.59. The van der Waals surface area contributed by atoms with Crippen LogP contribution in [0.3, 0.4) is 0 Å². The number of rotatable bonds is 5. The molecule has 2 nitrogen and oxygen atoms in total. The second-order valence-electron chi connectivity index (χ2n) is 4.78. The van der Waals surface area contributed by atoms with Crippen LogP contribution in [-0.2, 0) is 0 Å². The molecule has 0 aliphatic heterocycles. The Hall–Kier alpha value is -0.123. The smallest absolute Gasteiger partial charge is 0.0638 e. The van der Waals surface area contributed by atoms with E-state index in [-0.39, 0.29) is 9.52 Å². The summed E-state index contributed by atoms with van der Waals surface area (Å²) in [5.41, 5.74) is 2.14. The van der Waals surface area contributed by atoms with Gasteiger partial charge in [-0.2, -0.15) is 0 Å². The van der Waals surface area contributed by atoms with E-state index in [2.05, 4.69) is 64.1 Å². The minimum absolute atomic E-state index is 0.203. The molecule has 0 rings (SSSR count). The van der Waals surface area contributed by atoms with Crippen LogP contribution in [0.5, 0.6) is 0 Å². The van der Waals surface area contributed by atoms with Crippen LogP contribution >= 0.6 is 0 Å². The SMILES string of the molecule is C=C[SiH2]C(C)(C)C(N(C)C)N(C)C. The van der Waals surface area contributed by atoms with Gasteiger partial charge in [0.2, 0.25) is 0 Å². The van der Waals surface area contributed by atoms with E-state index in [0.29, 0.717) is 11.2 Å². The molecule has 0 heterocycles. The molecule has 0 saturated heterocycles. The molecule has 0 N–H and O–H groups in total. The van der Waals surface area contributed by atoms with Gasteiger partial charge in [0.25, 0.3) is 0 Å². The van der Waals surface area contributed by atoms with Crippen LogP contribution in [0.15, 0.2) is 12.3 Å². The molecule has 0 aromatic carbocycles. The zero-order valence-corrected chi connectivity index (χ0v) is 11.4. The highest BCUT2D eigenvalue weighted by atomic mass is 28.2. The van der Waals surface area contributed by atoms with E-state index in [0.717, 1.165) is 0 Å². The van der Waals surface area contributed by atoms with Crippen molar-refractivity contribution in [3.05, 3.63) is 12.3 Å². The van der Waals surface area contributed by atoms with E-state index in [1.807, 2.05) is 0 Å². The Morgan fingerprint density at radius 2 is 1.54 bits per heavy atom. The lowest BCUT2D eigenvalue weighted by Gasteiger charge is -2.42. The third-order valence-electron chi connectivity index (χ3n) is 2.35. The van der Waals surface area contributed by atoms with Crippen molar-refractivity contribution in [2.75, 3.05) is 28.2 Å². The molecule has 0 aliphatic rings. The molecule has 0 fully saturated rings. The molecule has 0 amide bonds. The number of hydrogen-bond acceptors (Lipinski definition) is 2. The number of nitrogens with zero attached hydrogens (tertiary/aromatic N) is 2. The highest BCUT2D eigenvalue weighted by Gasteiger charge is 2.31. The lowest BCUT2D eigenvalue weighted by Crippen LogP contribution is -2.49. The predicted molar refractivity (Wildman–Crippen MR) is 63.9 cm³/mol. The molecule has 0 aliphatic carbocycles. The molecule has 0 radical (unpaired) electrons. The van der Waals surface area contributed by atoms with Gasteiger partial charge in [-0.3, -0.25) is 9.80 Å². The van der Waals surface area contributed by atoms with E-state index in [1.54, 1.807) is 0 Å². The lowest BCUT2D eigenvalue weighted by atomic mass is 10.1. The van der Waals surface area contributed by atoms with Crippen molar-refractivity contribution < 1.29 is 0 Å². The summed E-state index contributed by atoms with van der Waals surface area (Å²) in [7, 11) is 8.37. The van der Waals surface area contributed by atoms with E-state index in [1.165, 1.54) is 0 Å². The third-order valence-corrected chi connectivity index (χ3v) is 4.05. The standard InChI is InChI=1S/C10H24N2Si/c1-8-13-10(2,3)9(11(4)5)12(6)7/h8-9H,1,13H2,2-7H3. The van der Waals surface area contributed by atoms with Crippen LogP contribution < -0.4 is 0 Å². The van der Waals surface area contributed by atoms with Crippen LogP contribution in [0.25, 0.3) is 0 Å². The van der Waals surface area contributed by atoms with Gasteiger partial charge in [-0.25, -0.2) is 0 Å². The largest absolute Gasteiger partial charge is 0.294 e. The van der Waals surface area contributed by atoms with Crippen LogP contribution in [-0.4, -0.2) is 53.7 Å². The van der Waals surface area contributed by atoms with Crippen LogP contribution in [0.1, 0.15) is 13.8 Å². The molecule has 13 heavy (non-hydrogen) atoms. The Labute approximate surface area is 85.4 Å². The molecule has 0 saturated carbocycles. The molecule has 0 spiro atoms. The molecule has 0 aromatic rings. The summed E-state index contributed by atoms with van der Waals surface area (Å²) in [5, 5.41) is 0.384. The van der Waals surface area contributed by atoms with Crippen molar-refractivity contribution in [3.63, 3.8) is 0 Å². The van der Waals surface area contributed by atoms with E-state index in [9.17, 15) is 0 Å². The van der Waals surface area contributed by atoms with Crippen molar-refractivity contribution >= 4 is 9.52 Å². The first-order valence-corrected chi connectivity index (χ1v) is 6.29. The van der Waals surface area contributed by atoms with Gasteiger partial charge in [-0.05, 0) is 33.2 Å². The molecule has 78 valence electrons. The van der Waals surface area contributed by atoms with Gasteiger partial charge < -0.3 is 0 Å². The minimum atomic E-state index is -0.203. The van der Waals surface area contributed by atoms with Crippen LogP contribution in [0.4, 0.5) is 0 Å². The fraction of sp³-hybridized carbons (Fsp3) is 0.800. The predicted octanol–water partition coefficient (Wildman–Crippen LogP) is 0.946. The summed E-state index contributed by atoms with van der Waals surface area (Å²) in [6, 6.07) is 0. The fourth-order valence-corrected chi connectivity index (χ4v) is 4.02. The summed E-state index contributed by atoms with van der Waals surface area (Å²) in [6.07, 6.45) is 0.511. The summed E-state index contributed by atoms with van der Waals surface area (Å²) in [4.78, 5) is 4.58. The first kappa shape index (κ1) is 12.9. The zero-order chi connectivity index (χ0) is 10.6. The van der Waals surface area contributed by atoms with Gasteiger partial charge in [0.15, 0.2) is 0 Å². The van der Waals surface area contributed by atoms with Gasteiger partial charge in [0.05, 0.1) is 15.7 Å². The Kier molecular flexibility index (Phi) is 4.89. The van der Waals surface area contributed by atoms with Crippen molar-refractivity contribution in [2.45, 2.75) is 25.1 Å². The molecular formula is C10H24N2Si. The first-order valence-electron chi connectivity index (χ1n) is 4.76. The molecule has 0 bridgehead atoms. The van der Waals surface area contributed by atoms with E-state index < -0.39 is 0 Å². The minimum Gasteiger partial charge on any atom is -0.294 e. The molecule has 0 atom stereocenters. The molecule has 0 aromatic heterocycles. The van der Waals surface area contributed by atoms with Crippen molar-refractivity contribution in [3.8, 4) is 0 Å². The highest BCUT2D eigenvalue weighted by Crippen LogP contribution is 2.31. The van der Waals surface area contributed by atoms with Gasteiger partial charge in [0, 0.05) is 0 Å².